The minimum atomic E-state index is -0.808. The number of nitrogens with zero attached hydrogens (tertiary/aromatic N) is 1. The number of hydrogen-bond acceptors (Lipinski definition) is 3. The fourth-order valence-corrected chi connectivity index (χ4v) is 2.46. The first-order valence-electron chi connectivity index (χ1n) is 5.74. The number of phenolic OH excluding ortho intramolecular Hbond substituents is 1. The molecule has 1 aliphatic heterocycles. The van der Waals surface area contributed by atoms with Crippen LogP contribution < -0.4 is 4.90 Å². The number of phenols is 1. The van der Waals surface area contributed by atoms with E-state index in [2.05, 4.69) is 11.8 Å². The fraction of sp³-hybridized carbons (Fsp3) is 0.538. The van der Waals surface area contributed by atoms with Crippen molar-refractivity contribution in [2.45, 2.75) is 32.3 Å². The average Bonchev–Trinajstić information content (AvgIpc) is 2.57. The molecule has 16 heavy (non-hydrogen) atoms. The molecule has 1 aromatic rings. The molecule has 0 saturated carbocycles. The molecular formula is C13H19NO2. The van der Waals surface area contributed by atoms with Crippen molar-refractivity contribution in [1.82, 2.24) is 0 Å². The van der Waals surface area contributed by atoms with Crippen LogP contribution in [0.1, 0.15) is 32.3 Å². The Morgan fingerprint density at radius 1 is 1.44 bits per heavy atom. The minimum absolute atomic E-state index is 0.0244. The first kappa shape index (κ1) is 11.3. The van der Waals surface area contributed by atoms with E-state index in [0.29, 0.717) is 5.75 Å². The summed E-state index contributed by atoms with van der Waals surface area (Å²) in [5.41, 5.74) is 1.13. The molecule has 0 fully saturated rings. The van der Waals surface area contributed by atoms with Crippen molar-refractivity contribution in [2.75, 3.05) is 18.0 Å². The van der Waals surface area contributed by atoms with Crippen molar-refractivity contribution in [3.63, 3.8) is 0 Å². The Morgan fingerprint density at radius 3 is 2.69 bits per heavy atom. The Morgan fingerprint density at radius 2 is 2.12 bits per heavy atom. The largest absolute Gasteiger partial charge is 0.508 e. The van der Waals surface area contributed by atoms with Gasteiger partial charge in [-0.05, 0) is 32.9 Å². The van der Waals surface area contributed by atoms with Gasteiger partial charge in [-0.2, -0.15) is 0 Å². The summed E-state index contributed by atoms with van der Waals surface area (Å²) < 4.78 is 0. The van der Waals surface area contributed by atoms with E-state index in [9.17, 15) is 10.2 Å². The molecule has 1 heterocycles. The van der Waals surface area contributed by atoms with E-state index >= 15 is 0 Å². The Bertz CT molecular complexity index is 395. The highest BCUT2D eigenvalue weighted by molar-refractivity contribution is 5.65. The second kappa shape index (κ2) is 3.67. The van der Waals surface area contributed by atoms with Crippen LogP contribution in [-0.2, 0) is 0 Å². The van der Waals surface area contributed by atoms with Crippen molar-refractivity contribution < 1.29 is 10.2 Å². The number of aromatic hydroxyl groups is 1. The van der Waals surface area contributed by atoms with E-state index < -0.39 is 5.60 Å². The van der Waals surface area contributed by atoms with Crippen molar-refractivity contribution in [1.29, 1.82) is 0 Å². The summed E-state index contributed by atoms with van der Waals surface area (Å²) >= 11 is 0. The highest BCUT2D eigenvalue weighted by Crippen LogP contribution is 2.45. The topological polar surface area (TPSA) is 43.7 Å². The van der Waals surface area contributed by atoms with Crippen LogP contribution in [-0.4, -0.2) is 28.9 Å². The summed E-state index contributed by atoms with van der Waals surface area (Å²) in [5, 5.41) is 20.1. The third-order valence-electron chi connectivity index (χ3n) is 3.39. The van der Waals surface area contributed by atoms with Gasteiger partial charge in [0.05, 0.1) is 5.60 Å². The fourth-order valence-electron chi connectivity index (χ4n) is 2.46. The van der Waals surface area contributed by atoms with Gasteiger partial charge >= 0.3 is 0 Å². The summed E-state index contributed by atoms with van der Waals surface area (Å²) in [6.45, 7) is 7.34. The molecule has 0 amide bonds. The van der Waals surface area contributed by atoms with Crippen LogP contribution in [0.15, 0.2) is 18.2 Å². The highest BCUT2D eigenvalue weighted by Gasteiger charge is 2.39. The Labute approximate surface area is 96.3 Å². The number of anilines is 1. The van der Waals surface area contributed by atoms with Crippen LogP contribution >= 0.6 is 0 Å². The molecule has 0 spiro atoms. The van der Waals surface area contributed by atoms with Gasteiger partial charge in [0.25, 0.3) is 0 Å². The van der Waals surface area contributed by atoms with E-state index in [1.165, 1.54) is 0 Å². The molecular weight excluding hydrogens is 202 g/mol. The summed E-state index contributed by atoms with van der Waals surface area (Å²) in [4.78, 5) is 2.19. The first-order chi connectivity index (χ1) is 7.45. The van der Waals surface area contributed by atoms with Gasteiger partial charge < -0.3 is 15.1 Å². The molecule has 1 unspecified atom stereocenters. The Kier molecular flexibility index (Phi) is 2.58. The van der Waals surface area contributed by atoms with Crippen LogP contribution in [0.5, 0.6) is 5.75 Å². The average molecular weight is 221 g/mol. The number of rotatable bonds is 2. The summed E-state index contributed by atoms with van der Waals surface area (Å²) in [5.74, 6) is 0.268. The van der Waals surface area contributed by atoms with Gasteiger partial charge in [0.2, 0.25) is 0 Å². The second-order valence-electron chi connectivity index (χ2n) is 4.95. The van der Waals surface area contributed by atoms with Crippen LogP contribution in [0.4, 0.5) is 5.69 Å². The van der Waals surface area contributed by atoms with Crippen molar-refractivity contribution in [3.05, 3.63) is 23.8 Å². The van der Waals surface area contributed by atoms with Gasteiger partial charge in [0.1, 0.15) is 5.75 Å². The predicted octanol–water partition coefficient (Wildman–Crippen LogP) is 2.09. The summed E-state index contributed by atoms with van der Waals surface area (Å²) in [6, 6.07) is 5.55. The number of likely N-dealkylation sites (N-methyl/N-ethyl adjacent to an activating group) is 1. The molecule has 0 radical (unpaired) electrons. The molecule has 3 nitrogen and oxygen atoms in total. The standard InChI is InChI=1S/C13H19NO2/c1-4-14-8-9(13(2,3)16)12-10(14)6-5-7-11(12)15/h5-7,9,15-16H,4,8H2,1-3H3. The smallest absolute Gasteiger partial charge is 0.121 e. The maximum Gasteiger partial charge on any atom is 0.121 e. The maximum absolute atomic E-state index is 10.2. The third-order valence-corrected chi connectivity index (χ3v) is 3.39. The first-order valence-corrected chi connectivity index (χ1v) is 5.74. The molecule has 2 rings (SSSR count). The van der Waals surface area contributed by atoms with Crippen LogP contribution in [0.3, 0.4) is 0 Å². The van der Waals surface area contributed by atoms with Crippen LogP contribution in [0.2, 0.25) is 0 Å². The zero-order chi connectivity index (χ0) is 11.9. The molecule has 0 bridgehead atoms. The zero-order valence-electron chi connectivity index (χ0n) is 10.1. The summed E-state index contributed by atoms with van der Waals surface area (Å²) in [7, 11) is 0. The number of aliphatic hydroxyl groups is 1. The van der Waals surface area contributed by atoms with Crippen molar-refractivity contribution >= 4 is 5.69 Å². The van der Waals surface area contributed by atoms with E-state index in [1.54, 1.807) is 19.9 Å². The SMILES string of the molecule is CCN1CC(C(C)(C)O)c2c(O)cccc21. The molecule has 1 aliphatic rings. The van der Waals surface area contributed by atoms with Crippen molar-refractivity contribution in [2.24, 2.45) is 0 Å². The van der Waals surface area contributed by atoms with Gasteiger partial charge in [0.15, 0.2) is 0 Å². The predicted molar refractivity (Wildman–Crippen MR) is 65.0 cm³/mol. The Balaban J connectivity index is 2.52. The molecule has 0 saturated heterocycles. The minimum Gasteiger partial charge on any atom is -0.508 e. The quantitative estimate of drug-likeness (QED) is 0.803. The van der Waals surface area contributed by atoms with Gasteiger partial charge in [-0.25, -0.2) is 0 Å². The van der Waals surface area contributed by atoms with Gasteiger partial charge in [-0.1, -0.05) is 6.07 Å². The van der Waals surface area contributed by atoms with E-state index in [-0.39, 0.29) is 5.92 Å². The van der Waals surface area contributed by atoms with Crippen molar-refractivity contribution in [3.8, 4) is 5.75 Å². The molecule has 0 aromatic heterocycles. The van der Waals surface area contributed by atoms with Crippen LogP contribution in [0, 0.1) is 0 Å². The highest BCUT2D eigenvalue weighted by atomic mass is 16.3. The third kappa shape index (κ3) is 1.65. The van der Waals surface area contributed by atoms with Gasteiger partial charge in [-0.3, -0.25) is 0 Å². The molecule has 1 aromatic carbocycles. The van der Waals surface area contributed by atoms with E-state index in [0.717, 1.165) is 24.3 Å². The lowest BCUT2D eigenvalue weighted by Gasteiger charge is -2.26. The normalized spacial score (nSPS) is 20.0. The van der Waals surface area contributed by atoms with Gasteiger partial charge in [-0.15, -0.1) is 0 Å². The Hall–Kier alpha value is -1.22. The molecule has 1 atom stereocenters. The second-order valence-corrected chi connectivity index (χ2v) is 4.95. The number of benzene rings is 1. The number of hydrogen-bond donors (Lipinski definition) is 2. The zero-order valence-corrected chi connectivity index (χ0v) is 10.1. The van der Waals surface area contributed by atoms with E-state index in [1.807, 2.05) is 12.1 Å². The lowest BCUT2D eigenvalue weighted by molar-refractivity contribution is 0.0541. The molecule has 2 N–H and O–H groups in total. The lowest BCUT2D eigenvalue weighted by Crippen LogP contribution is -2.33. The number of fused-ring (bicyclic) bond motifs is 1. The molecule has 88 valence electrons. The maximum atomic E-state index is 10.2. The van der Waals surface area contributed by atoms with Gasteiger partial charge in [0, 0.05) is 30.3 Å². The monoisotopic (exact) mass is 221 g/mol. The lowest BCUT2D eigenvalue weighted by atomic mass is 9.86. The molecule has 3 heteroatoms. The van der Waals surface area contributed by atoms with E-state index in [4.69, 9.17) is 0 Å². The molecule has 0 aliphatic carbocycles. The summed E-state index contributed by atoms with van der Waals surface area (Å²) in [6.07, 6.45) is 0. The van der Waals surface area contributed by atoms with Crippen LogP contribution in [0.25, 0.3) is 0 Å².